The summed E-state index contributed by atoms with van der Waals surface area (Å²) < 4.78 is 37.6. The van der Waals surface area contributed by atoms with Gasteiger partial charge in [-0.3, -0.25) is 4.90 Å². The van der Waals surface area contributed by atoms with E-state index < -0.39 is 12.1 Å². The number of aliphatic carboxylic acids is 1. The topological polar surface area (TPSA) is 80.8 Å². The Labute approximate surface area is 258 Å². The number of alkyl halides is 3. The molecule has 1 saturated carbocycles. The molecule has 2 heterocycles. The summed E-state index contributed by atoms with van der Waals surface area (Å²) in [5, 5.41) is 12.3. The number of nitrogens with one attached hydrogen (secondary N) is 2. The van der Waals surface area contributed by atoms with Gasteiger partial charge in [0.25, 0.3) is 0 Å². The van der Waals surface area contributed by atoms with Crippen LogP contribution in [-0.2, 0) is 11.3 Å². The van der Waals surface area contributed by atoms with E-state index in [1.54, 1.807) is 0 Å². The molecule has 0 atom stereocenters. The molecule has 1 aliphatic carbocycles. The Morgan fingerprint density at radius 2 is 1.73 bits per heavy atom. The summed E-state index contributed by atoms with van der Waals surface area (Å²) in [4.78, 5) is 17.2. The Balaban J connectivity index is 0.000000566. The van der Waals surface area contributed by atoms with Gasteiger partial charge in [-0.2, -0.15) is 13.2 Å². The second-order valence-electron chi connectivity index (χ2n) is 12.4. The molecular weight excluding hydrogens is 569 g/mol. The Morgan fingerprint density at radius 3 is 2.36 bits per heavy atom. The maximum absolute atomic E-state index is 10.6. The first-order valence-corrected chi connectivity index (χ1v) is 15.8. The van der Waals surface area contributed by atoms with Gasteiger partial charge in [0.1, 0.15) is 5.75 Å². The van der Waals surface area contributed by atoms with E-state index in [-0.39, 0.29) is 0 Å². The molecule has 0 bridgehead atoms. The number of anilines is 1. The van der Waals surface area contributed by atoms with E-state index in [0.29, 0.717) is 5.92 Å². The summed E-state index contributed by atoms with van der Waals surface area (Å²) in [7, 11) is 4.20. The van der Waals surface area contributed by atoms with Crippen LogP contribution in [0.4, 0.5) is 18.9 Å². The van der Waals surface area contributed by atoms with Gasteiger partial charge in [-0.1, -0.05) is 31.4 Å². The van der Waals surface area contributed by atoms with Gasteiger partial charge in [0.2, 0.25) is 0 Å². The summed E-state index contributed by atoms with van der Waals surface area (Å²) in [6.45, 7) is 6.28. The summed E-state index contributed by atoms with van der Waals surface area (Å²) in [5.41, 5.74) is 5.43. The molecule has 3 N–H and O–H groups in total. The van der Waals surface area contributed by atoms with Crippen LogP contribution >= 0.6 is 0 Å². The standard InChI is InChI=1S/C32H46N4O.C2HF3O2/c1-35(2)17-6-20-37-29-12-9-26(10-13-29)24-36-18-15-27(16-19-36)31-23-34-32-14-11-28(21-30(31)32)33-22-25-7-4-3-5-8-25;3-2(4,5)1(6)7/h9-14,21,23,25,27,33-34H,3-8,15-20,22,24H2,1-2H3;(H,6,7). The van der Waals surface area contributed by atoms with Crippen molar-refractivity contribution in [2.24, 2.45) is 5.92 Å². The van der Waals surface area contributed by atoms with E-state index in [9.17, 15) is 13.2 Å². The Morgan fingerprint density at radius 1 is 1.05 bits per heavy atom. The Kier molecular flexibility index (Phi) is 12.4. The van der Waals surface area contributed by atoms with Gasteiger partial charge in [0, 0.05) is 42.4 Å². The first-order valence-electron chi connectivity index (χ1n) is 15.8. The third-order valence-corrected chi connectivity index (χ3v) is 8.65. The monoisotopic (exact) mass is 616 g/mol. The lowest BCUT2D eigenvalue weighted by atomic mass is 9.88. The molecule has 1 aliphatic heterocycles. The summed E-state index contributed by atoms with van der Waals surface area (Å²) in [6.07, 6.45) is 7.69. The number of piperidine rings is 1. The largest absolute Gasteiger partial charge is 0.494 e. The van der Waals surface area contributed by atoms with Crippen LogP contribution in [0.2, 0.25) is 0 Å². The van der Waals surface area contributed by atoms with E-state index in [2.05, 4.69) is 82.9 Å². The molecule has 5 rings (SSSR count). The number of aromatic nitrogens is 1. The van der Waals surface area contributed by atoms with Crippen molar-refractivity contribution in [3.63, 3.8) is 0 Å². The van der Waals surface area contributed by atoms with Crippen molar-refractivity contribution in [3.8, 4) is 5.75 Å². The predicted molar refractivity (Wildman–Crippen MR) is 169 cm³/mol. The van der Waals surface area contributed by atoms with Crippen LogP contribution in [0, 0.1) is 5.92 Å². The number of nitrogens with zero attached hydrogens (tertiary/aromatic N) is 2. The third kappa shape index (κ3) is 10.4. The minimum Gasteiger partial charge on any atom is -0.494 e. The number of fused-ring (bicyclic) bond motifs is 1. The lowest BCUT2D eigenvalue weighted by Crippen LogP contribution is -2.32. The normalized spacial score (nSPS) is 17.0. The lowest BCUT2D eigenvalue weighted by molar-refractivity contribution is -0.192. The second-order valence-corrected chi connectivity index (χ2v) is 12.4. The van der Waals surface area contributed by atoms with E-state index in [4.69, 9.17) is 14.6 Å². The molecule has 10 heteroatoms. The Bertz CT molecular complexity index is 1300. The third-order valence-electron chi connectivity index (χ3n) is 8.65. The molecule has 2 aliphatic rings. The molecular formula is C34H47F3N4O3. The molecule has 3 aromatic rings. The van der Waals surface area contributed by atoms with Gasteiger partial charge >= 0.3 is 12.1 Å². The smallest absolute Gasteiger partial charge is 0.490 e. The zero-order valence-corrected chi connectivity index (χ0v) is 26.0. The van der Waals surface area contributed by atoms with Crippen molar-refractivity contribution in [3.05, 3.63) is 59.8 Å². The summed E-state index contributed by atoms with van der Waals surface area (Å²) >= 11 is 0. The van der Waals surface area contributed by atoms with Crippen LogP contribution in [0.25, 0.3) is 10.9 Å². The number of hydrogen-bond acceptors (Lipinski definition) is 5. The van der Waals surface area contributed by atoms with Crippen molar-refractivity contribution in [1.29, 1.82) is 0 Å². The summed E-state index contributed by atoms with van der Waals surface area (Å²) in [5.74, 6) is -0.298. The van der Waals surface area contributed by atoms with E-state index in [0.717, 1.165) is 57.4 Å². The Hall–Kier alpha value is -3.24. The van der Waals surface area contributed by atoms with Crippen LogP contribution in [0.5, 0.6) is 5.75 Å². The fraction of sp³-hybridized carbons (Fsp3) is 0.559. The lowest BCUT2D eigenvalue weighted by Gasteiger charge is -2.32. The molecule has 2 aromatic carbocycles. The molecule has 44 heavy (non-hydrogen) atoms. The maximum Gasteiger partial charge on any atom is 0.490 e. The van der Waals surface area contributed by atoms with Gasteiger partial charge in [-0.05, 0) is 113 Å². The molecule has 2 fully saturated rings. The molecule has 0 amide bonds. The van der Waals surface area contributed by atoms with Crippen molar-refractivity contribution >= 4 is 22.6 Å². The number of H-pyrrole nitrogens is 1. The first-order chi connectivity index (χ1) is 21.1. The van der Waals surface area contributed by atoms with E-state index in [1.807, 2.05) is 0 Å². The number of likely N-dealkylation sites (tertiary alicyclic amines) is 1. The number of aromatic amines is 1. The zero-order valence-electron chi connectivity index (χ0n) is 26.0. The maximum atomic E-state index is 10.6. The number of ether oxygens (including phenoxy) is 1. The van der Waals surface area contributed by atoms with Crippen molar-refractivity contribution in [1.82, 2.24) is 14.8 Å². The number of carbonyl (C=O) groups is 1. The fourth-order valence-electron chi connectivity index (χ4n) is 6.17. The molecule has 0 radical (unpaired) electrons. The predicted octanol–water partition coefficient (Wildman–Crippen LogP) is 7.50. The molecule has 1 aromatic heterocycles. The minimum atomic E-state index is -5.08. The average Bonchev–Trinajstić information content (AvgIpc) is 3.43. The number of benzene rings is 2. The highest BCUT2D eigenvalue weighted by Crippen LogP contribution is 2.35. The zero-order chi connectivity index (χ0) is 31.5. The highest BCUT2D eigenvalue weighted by atomic mass is 19.4. The number of hydrogen-bond donors (Lipinski definition) is 3. The van der Waals surface area contributed by atoms with Crippen molar-refractivity contribution in [2.45, 2.75) is 70.0 Å². The van der Waals surface area contributed by atoms with Gasteiger partial charge in [0.05, 0.1) is 6.61 Å². The van der Waals surface area contributed by atoms with Crippen LogP contribution in [0.1, 0.15) is 68.4 Å². The van der Waals surface area contributed by atoms with Crippen LogP contribution in [-0.4, -0.2) is 78.9 Å². The molecule has 7 nitrogen and oxygen atoms in total. The van der Waals surface area contributed by atoms with Crippen molar-refractivity contribution < 1.29 is 27.8 Å². The number of carboxylic acid groups (broad SMARTS) is 1. The summed E-state index contributed by atoms with van der Waals surface area (Å²) in [6, 6.07) is 15.6. The van der Waals surface area contributed by atoms with Crippen LogP contribution in [0.15, 0.2) is 48.7 Å². The minimum absolute atomic E-state index is 0.636. The molecule has 242 valence electrons. The van der Waals surface area contributed by atoms with E-state index in [1.165, 1.54) is 72.7 Å². The number of rotatable bonds is 11. The van der Waals surface area contributed by atoms with Gasteiger partial charge < -0.3 is 25.0 Å². The molecule has 0 unspecified atom stereocenters. The van der Waals surface area contributed by atoms with Crippen LogP contribution in [0.3, 0.4) is 0 Å². The highest BCUT2D eigenvalue weighted by Gasteiger charge is 2.38. The fourth-order valence-corrected chi connectivity index (χ4v) is 6.17. The van der Waals surface area contributed by atoms with Gasteiger partial charge in [-0.25, -0.2) is 4.79 Å². The average molecular weight is 617 g/mol. The van der Waals surface area contributed by atoms with Crippen molar-refractivity contribution in [2.75, 3.05) is 52.2 Å². The van der Waals surface area contributed by atoms with Crippen LogP contribution < -0.4 is 10.1 Å². The van der Waals surface area contributed by atoms with Gasteiger partial charge in [0.15, 0.2) is 0 Å². The van der Waals surface area contributed by atoms with E-state index >= 15 is 0 Å². The number of halogens is 3. The second kappa shape index (κ2) is 16.2. The van der Waals surface area contributed by atoms with Gasteiger partial charge in [-0.15, -0.1) is 0 Å². The first kappa shape index (κ1) is 33.6. The quantitative estimate of drug-likeness (QED) is 0.194. The molecule has 0 spiro atoms. The highest BCUT2D eigenvalue weighted by molar-refractivity contribution is 5.87. The molecule has 1 saturated heterocycles. The number of carboxylic acids is 1. The SMILES string of the molecule is CN(C)CCCOc1ccc(CN2CCC(c3c[nH]c4ccc(NCC5CCCCC5)cc34)CC2)cc1.O=C(O)C(F)(F)F.